The molecule has 0 aliphatic carbocycles. The summed E-state index contributed by atoms with van der Waals surface area (Å²) in [6.07, 6.45) is 1.00. The first-order chi connectivity index (χ1) is 4.98. The second-order valence-corrected chi connectivity index (χ2v) is 3.01. The molecule has 62 valence electrons. The van der Waals surface area contributed by atoms with Gasteiger partial charge >= 0.3 is 5.97 Å². The molecule has 11 heavy (non-hydrogen) atoms. The molecule has 0 unspecified atom stereocenters. The van der Waals surface area contributed by atoms with Crippen molar-refractivity contribution in [3.05, 3.63) is 0 Å². The minimum atomic E-state index is -0.498. The molecule has 0 bridgehead atoms. The predicted octanol–water partition coefficient (Wildman–Crippen LogP) is 1.63. The number of hydrogen-bond donors (Lipinski definition) is 0. The maximum Gasteiger partial charge on any atom is 0.303 e. The summed E-state index contributed by atoms with van der Waals surface area (Å²) < 4.78 is 4.95. The number of hydrogen-bond acceptors (Lipinski definition) is 3. The maximum absolute atomic E-state index is 10.5. The monoisotopic (exact) mass is 155 g/mol. The van der Waals surface area contributed by atoms with Crippen LogP contribution in [0.1, 0.15) is 33.6 Å². The smallest absolute Gasteiger partial charge is 0.303 e. The van der Waals surface area contributed by atoms with Gasteiger partial charge < -0.3 is 4.74 Å². The molecule has 0 rings (SSSR count). The Hall–Kier alpha value is -1.04. The summed E-state index contributed by atoms with van der Waals surface area (Å²) in [5.41, 5.74) is -0.498. The van der Waals surface area contributed by atoms with Crippen molar-refractivity contribution in [2.45, 2.75) is 39.2 Å². The fourth-order valence-corrected chi connectivity index (χ4v) is 0.797. The molecule has 0 fully saturated rings. The first-order valence-corrected chi connectivity index (χ1v) is 3.54. The van der Waals surface area contributed by atoms with Crippen LogP contribution in [0, 0.1) is 11.3 Å². The lowest BCUT2D eigenvalue weighted by Gasteiger charge is -2.22. The molecule has 0 heterocycles. The van der Waals surface area contributed by atoms with Crippen molar-refractivity contribution in [1.82, 2.24) is 0 Å². The van der Waals surface area contributed by atoms with Gasteiger partial charge in [-0.15, -0.1) is 0 Å². The third-order valence-corrected chi connectivity index (χ3v) is 1.26. The van der Waals surface area contributed by atoms with Crippen LogP contribution in [0.15, 0.2) is 0 Å². The molecule has 0 saturated carbocycles. The summed E-state index contributed by atoms with van der Waals surface area (Å²) in [5, 5.41) is 8.27. The lowest BCUT2D eigenvalue weighted by atomic mass is 10.0. The van der Waals surface area contributed by atoms with Crippen molar-refractivity contribution < 1.29 is 9.53 Å². The van der Waals surface area contributed by atoms with Crippen LogP contribution in [-0.2, 0) is 9.53 Å². The zero-order chi connectivity index (χ0) is 8.91. The highest BCUT2D eigenvalue weighted by atomic mass is 16.6. The van der Waals surface area contributed by atoms with Gasteiger partial charge in [0.15, 0.2) is 0 Å². The van der Waals surface area contributed by atoms with E-state index in [-0.39, 0.29) is 5.97 Å². The van der Waals surface area contributed by atoms with Crippen LogP contribution in [0.3, 0.4) is 0 Å². The van der Waals surface area contributed by atoms with E-state index in [1.54, 1.807) is 13.8 Å². The van der Waals surface area contributed by atoms with E-state index in [1.165, 1.54) is 6.92 Å². The molecule has 0 atom stereocenters. The minimum Gasteiger partial charge on any atom is -0.460 e. The van der Waals surface area contributed by atoms with Gasteiger partial charge in [0.25, 0.3) is 0 Å². The maximum atomic E-state index is 10.5. The Balaban J connectivity index is 3.81. The molecule has 0 aliphatic heterocycles. The van der Waals surface area contributed by atoms with Gasteiger partial charge in [0.1, 0.15) is 5.60 Å². The highest BCUT2D eigenvalue weighted by Gasteiger charge is 2.19. The van der Waals surface area contributed by atoms with Crippen LogP contribution in [0.2, 0.25) is 0 Å². The minimum absolute atomic E-state index is 0.298. The third kappa shape index (κ3) is 5.41. The zero-order valence-electron chi connectivity index (χ0n) is 7.18. The van der Waals surface area contributed by atoms with E-state index in [0.29, 0.717) is 12.8 Å². The Morgan fingerprint density at radius 1 is 1.64 bits per heavy atom. The lowest BCUT2D eigenvalue weighted by molar-refractivity contribution is -0.154. The van der Waals surface area contributed by atoms with E-state index in [9.17, 15) is 4.79 Å². The number of ether oxygens (including phenoxy) is 1. The molecule has 3 nitrogen and oxygen atoms in total. The van der Waals surface area contributed by atoms with Crippen LogP contribution >= 0.6 is 0 Å². The summed E-state index contributed by atoms with van der Waals surface area (Å²) >= 11 is 0. The average molecular weight is 155 g/mol. The standard InChI is InChI=1S/C8H13NO2/c1-7(10)11-8(2,3)5-4-6-9/h4-5H2,1-3H3. The average Bonchev–Trinajstić information content (AvgIpc) is 1.81. The van der Waals surface area contributed by atoms with E-state index in [0.717, 1.165) is 0 Å². The van der Waals surface area contributed by atoms with Crippen LogP contribution in [0.5, 0.6) is 0 Å². The SMILES string of the molecule is CC(=O)OC(C)(C)CCC#N. The number of rotatable bonds is 3. The first-order valence-electron chi connectivity index (χ1n) is 3.54. The van der Waals surface area contributed by atoms with Crippen molar-refractivity contribution in [3.63, 3.8) is 0 Å². The van der Waals surface area contributed by atoms with Gasteiger partial charge in [-0.25, -0.2) is 0 Å². The molecule has 3 heteroatoms. The molecule has 0 spiro atoms. The van der Waals surface area contributed by atoms with Crippen molar-refractivity contribution in [2.75, 3.05) is 0 Å². The van der Waals surface area contributed by atoms with Crippen molar-refractivity contribution in [3.8, 4) is 6.07 Å². The molecule has 0 radical (unpaired) electrons. The predicted molar refractivity (Wildman–Crippen MR) is 40.7 cm³/mol. The molecule has 0 aromatic carbocycles. The summed E-state index contributed by atoms with van der Waals surface area (Å²) in [5.74, 6) is -0.298. The van der Waals surface area contributed by atoms with Gasteiger partial charge in [-0.3, -0.25) is 4.79 Å². The fourth-order valence-electron chi connectivity index (χ4n) is 0.797. The molecule has 0 amide bonds. The Morgan fingerprint density at radius 3 is 2.55 bits per heavy atom. The van der Waals surface area contributed by atoms with Crippen LogP contribution < -0.4 is 0 Å². The molecular weight excluding hydrogens is 142 g/mol. The Morgan fingerprint density at radius 2 is 2.18 bits per heavy atom. The van der Waals surface area contributed by atoms with Gasteiger partial charge in [0, 0.05) is 13.3 Å². The van der Waals surface area contributed by atoms with E-state index < -0.39 is 5.60 Å². The van der Waals surface area contributed by atoms with E-state index in [2.05, 4.69) is 0 Å². The highest BCUT2D eigenvalue weighted by Crippen LogP contribution is 2.15. The molecule has 0 aromatic rings. The number of esters is 1. The first kappa shape index (κ1) is 9.96. The zero-order valence-corrected chi connectivity index (χ0v) is 7.18. The van der Waals surface area contributed by atoms with E-state index >= 15 is 0 Å². The van der Waals surface area contributed by atoms with Crippen LogP contribution in [-0.4, -0.2) is 11.6 Å². The summed E-state index contributed by atoms with van der Waals surface area (Å²) in [6.45, 7) is 4.96. The Kier molecular flexibility index (Phi) is 3.59. The van der Waals surface area contributed by atoms with Gasteiger partial charge in [0.05, 0.1) is 6.07 Å². The summed E-state index contributed by atoms with van der Waals surface area (Å²) in [6, 6.07) is 2.01. The van der Waals surface area contributed by atoms with Gasteiger partial charge in [-0.05, 0) is 20.3 Å². The third-order valence-electron chi connectivity index (χ3n) is 1.26. The summed E-state index contributed by atoms with van der Waals surface area (Å²) in [4.78, 5) is 10.5. The number of carbonyl (C=O) groups excluding carboxylic acids is 1. The van der Waals surface area contributed by atoms with Gasteiger partial charge in [-0.2, -0.15) is 5.26 Å². The normalized spacial score (nSPS) is 10.4. The van der Waals surface area contributed by atoms with Gasteiger partial charge in [0.2, 0.25) is 0 Å². The molecule has 0 N–H and O–H groups in total. The van der Waals surface area contributed by atoms with Crippen molar-refractivity contribution in [2.24, 2.45) is 0 Å². The second kappa shape index (κ2) is 3.97. The number of carbonyl (C=O) groups is 1. The van der Waals surface area contributed by atoms with E-state index in [1.807, 2.05) is 6.07 Å². The van der Waals surface area contributed by atoms with Crippen LogP contribution in [0.4, 0.5) is 0 Å². The molecular formula is C8H13NO2. The highest BCUT2D eigenvalue weighted by molar-refractivity contribution is 5.66. The van der Waals surface area contributed by atoms with Crippen LogP contribution in [0.25, 0.3) is 0 Å². The number of nitriles is 1. The number of nitrogens with zero attached hydrogens (tertiary/aromatic N) is 1. The second-order valence-electron chi connectivity index (χ2n) is 3.01. The molecule has 0 aliphatic rings. The molecule has 0 aromatic heterocycles. The Bertz CT molecular complexity index is 179. The Labute approximate surface area is 67.0 Å². The quantitative estimate of drug-likeness (QED) is 0.582. The van der Waals surface area contributed by atoms with Gasteiger partial charge in [-0.1, -0.05) is 0 Å². The van der Waals surface area contributed by atoms with Crippen molar-refractivity contribution >= 4 is 5.97 Å². The fraction of sp³-hybridized carbons (Fsp3) is 0.750. The van der Waals surface area contributed by atoms with Crippen molar-refractivity contribution in [1.29, 1.82) is 5.26 Å². The topological polar surface area (TPSA) is 50.1 Å². The lowest BCUT2D eigenvalue weighted by Crippen LogP contribution is -2.26. The van der Waals surface area contributed by atoms with E-state index in [4.69, 9.17) is 10.00 Å². The molecule has 0 saturated heterocycles. The summed E-state index contributed by atoms with van der Waals surface area (Å²) in [7, 11) is 0. The largest absolute Gasteiger partial charge is 0.460 e.